The minimum atomic E-state index is 0.657. The highest BCUT2D eigenvalue weighted by molar-refractivity contribution is 5.79. The lowest BCUT2D eigenvalue weighted by atomic mass is 9.94. The smallest absolute Gasteiger partial charge is 0.0236 e. The Morgan fingerprint density at radius 3 is 2.93 bits per heavy atom. The molecule has 2 aliphatic rings. The van der Waals surface area contributed by atoms with Crippen molar-refractivity contribution in [1.82, 2.24) is 4.90 Å². The van der Waals surface area contributed by atoms with E-state index in [1.54, 1.807) is 11.1 Å². The predicted molar refractivity (Wildman–Crippen MR) is 63.9 cm³/mol. The molecule has 1 aromatic carbocycles. The molecule has 0 saturated heterocycles. The van der Waals surface area contributed by atoms with Crippen LogP contribution in [0, 0.1) is 0 Å². The maximum Gasteiger partial charge on any atom is 0.0236 e. The van der Waals surface area contributed by atoms with Crippen LogP contribution in [0.2, 0.25) is 0 Å². The highest BCUT2D eigenvalue weighted by atomic mass is 15.1. The molecule has 1 heteroatoms. The van der Waals surface area contributed by atoms with E-state index in [4.69, 9.17) is 0 Å². The molecule has 0 spiro atoms. The summed E-state index contributed by atoms with van der Waals surface area (Å²) in [6, 6.07) is 8.90. The van der Waals surface area contributed by atoms with Gasteiger partial charge in [0, 0.05) is 19.0 Å². The molecular formula is C14H17N. The Bertz CT molecular complexity index is 431. The molecule has 1 aromatic rings. The van der Waals surface area contributed by atoms with E-state index < -0.39 is 0 Å². The van der Waals surface area contributed by atoms with Crippen molar-refractivity contribution >= 4 is 5.57 Å². The van der Waals surface area contributed by atoms with Gasteiger partial charge < -0.3 is 4.90 Å². The molecule has 1 unspecified atom stereocenters. The maximum atomic E-state index is 2.42. The Morgan fingerprint density at radius 1 is 1.27 bits per heavy atom. The van der Waals surface area contributed by atoms with Crippen LogP contribution in [0.3, 0.4) is 0 Å². The van der Waals surface area contributed by atoms with Crippen molar-refractivity contribution in [3.8, 4) is 0 Å². The highest BCUT2D eigenvalue weighted by Crippen LogP contribution is 2.44. The van der Waals surface area contributed by atoms with E-state index in [1.807, 2.05) is 0 Å². The topological polar surface area (TPSA) is 3.24 Å². The van der Waals surface area contributed by atoms with E-state index in [1.165, 1.54) is 24.1 Å². The molecule has 1 heterocycles. The van der Waals surface area contributed by atoms with E-state index in [9.17, 15) is 0 Å². The molecule has 0 fully saturated rings. The summed E-state index contributed by atoms with van der Waals surface area (Å²) in [6.45, 7) is 4.71. The summed E-state index contributed by atoms with van der Waals surface area (Å²) in [5.74, 6) is 0.657. The standard InChI is InChI=1S/C14H17N/c1-10-11-5-3-4-6-13(11)14-9-15(2)8-7-12(10)14/h3-6,10H,7-9H2,1-2H3. The number of likely N-dealkylation sites (N-methyl/N-ethyl adjacent to an activating group) is 1. The van der Waals surface area contributed by atoms with Crippen LogP contribution in [0.15, 0.2) is 29.8 Å². The lowest BCUT2D eigenvalue weighted by Crippen LogP contribution is -2.26. The van der Waals surface area contributed by atoms with Crippen LogP contribution in [-0.4, -0.2) is 25.0 Å². The number of hydrogen-bond acceptors (Lipinski definition) is 1. The minimum absolute atomic E-state index is 0.657. The molecular weight excluding hydrogens is 182 g/mol. The summed E-state index contributed by atoms with van der Waals surface area (Å²) in [6.07, 6.45) is 1.25. The van der Waals surface area contributed by atoms with Crippen LogP contribution in [0.5, 0.6) is 0 Å². The van der Waals surface area contributed by atoms with Crippen molar-refractivity contribution in [1.29, 1.82) is 0 Å². The third kappa shape index (κ3) is 1.26. The van der Waals surface area contributed by atoms with Crippen molar-refractivity contribution in [2.75, 3.05) is 20.1 Å². The molecule has 0 amide bonds. The Morgan fingerprint density at radius 2 is 2.07 bits per heavy atom. The number of benzene rings is 1. The van der Waals surface area contributed by atoms with Crippen LogP contribution in [0.1, 0.15) is 30.4 Å². The monoisotopic (exact) mass is 199 g/mol. The van der Waals surface area contributed by atoms with Crippen LogP contribution in [-0.2, 0) is 0 Å². The first kappa shape index (κ1) is 9.17. The third-order valence-corrected chi connectivity index (χ3v) is 3.85. The van der Waals surface area contributed by atoms with E-state index >= 15 is 0 Å². The molecule has 0 bridgehead atoms. The molecule has 1 aliphatic carbocycles. The number of fused-ring (bicyclic) bond motifs is 2. The highest BCUT2D eigenvalue weighted by Gasteiger charge is 2.30. The second-order valence-electron chi connectivity index (χ2n) is 4.80. The first-order valence-electron chi connectivity index (χ1n) is 5.77. The van der Waals surface area contributed by atoms with Gasteiger partial charge >= 0.3 is 0 Å². The van der Waals surface area contributed by atoms with Gasteiger partial charge in [0.15, 0.2) is 0 Å². The van der Waals surface area contributed by atoms with Gasteiger partial charge in [-0.25, -0.2) is 0 Å². The molecule has 0 saturated carbocycles. The molecule has 0 aromatic heterocycles. The normalized spacial score (nSPS) is 25.3. The Kier molecular flexibility index (Phi) is 1.96. The van der Waals surface area contributed by atoms with Gasteiger partial charge in [0.05, 0.1) is 0 Å². The van der Waals surface area contributed by atoms with E-state index in [2.05, 4.69) is 43.1 Å². The van der Waals surface area contributed by atoms with Crippen molar-refractivity contribution in [2.24, 2.45) is 0 Å². The van der Waals surface area contributed by atoms with Crippen molar-refractivity contribution < 1.29 is 0 Å². The van der Waals surface area contributed by atoms with Crippen LogP contribution >= 0.6 is 0 Å². The second-order valence-corrected chi connectivity index (χ2v) is 4.80. The summed E-state index contributed by atoms with van der Waals surface area (Å²) in [7, 11) is 2.22. The summed E-state index contributed by atoms with van der Waals surface area (Å²) >= 11 is 0. The fraction of sp³-hybridized carbons (Fsp3) is 0.429. The average Bonchev–Trinajstić information content (AvgIpc) is 2.54. The van der Waals surface area contributed by atoms with Gasteiger partial charge in [-0.05, 0) is 30.2 Å². The van der Waals surface area contributed by atoms with E-state index in [0.29, 0.717) is 5.92 Å². The van der Waals surface area contributed by atoms with Crippen molar-refractivity contribution in [3.05, 3.63) is 41.0 Å². The lowest BCUT2D eigenvalue weighted by Gasteiger charge is -2.25. The third-order valence-electron chi connectivity index (χ3n) is 3.85. The first-order valence-corrected chi connectivity index (χ1v) is 5.77. The SMILES string of the molecule is CC1C2=C(CN(C)CC2)c2ccccc21. The second kappa shape index (κ2) is 3.21. The van der Waals surface area contributed by atoms with Gasteiger partial charge in [0.1, 0.15) is 0 Å². The zero-order valence-corrected chi connectivity index (χ0v) is 9.46. The van der Waals surface area contributed by atoms with Crippen LogP contribution < -0.4 is 0 Å². The molecule has 15 heavy (non-hydrogen) atoms. The zero-order valence-electron chi connectivity index (χ0n) is 9.46. The summed E-state index contributed by atoms with van der Waals surface area (Å²) in [5.41, 5.74) is 6.34. The van der Waals surface area contributed by atoms with Gasteiger partial charge in [-0.1, -0.05) is 36.8 Å². The summed E-state index contributed by atoms with van der Waals surface area (Å²) < 4.78 is 0. The Hall–Kier alpha value is -1.08. The molecule has 1 nitrogen and oxygen atoms in total. The van der Waals surface area contributed by atoms with Gasteiger partial charge in [-0.2, -0.15) is 0 Å². The Balaban J connectivity index is 2.13. The fourth-order valence-electron chi connectivity index (χ4n) is 2.99. The van der Waals surface area contributed by atoms with Crippen LogP contribution in [0.25, 0.3) is 5.57 Å². The zero-order chi connectivity index (χ0) is 10.4. The number of rotatable bonds is 0. The first-order chi connectivity index (χ1) is 7.27. The minimum Gasteiger partial charge on any atom is -0.302 e. The average molecular weight is 199 g/mol. The molecule has 1 aliphatic heterocycles. The lowest BCUT2D eigenvalue weighted by molar-refractivity contribution is 0.365. The van der Waals surface area contributed by atoms with Gasteiger partial charge in [0.25, 0.3) is 0 Å². The molecule has 78 valence electrons. The quantitative estimate of drug-likeness (QED) is 0.621. The molecule has 3 rings (SSSR count). The van der Waals surface area contributed by atoms with Gasteiger partial charge in [-0.15, -0.1) is 0 Å². The van der Waals surface area contributed by atoms with E-state index in [0.717, 1.165) is 6.54 Å². The Labute approximate surface area is 91.4 Å². The summed E-state index contributed by atoms with van der Waals surface area (Å²) in [5, 5.41) is 0. The number of nitrogens with zero attached hydrogens (tertiary/aromatic N) is 1. The fourth-order valence-corrected chi connectivity index (χ4v) is 2.99. The largest absolute Gasteiger partial charge is 0.302 e. The van der Waals surface area contributed by atoms with Gasteiger partial charge in [0.2, 0.25) is 0 Å². The maximum absolute atomic E-state index is 2.42. The van der Waals surface area contributed by atoms with Crippen LogP contribution in [0.4, 0.5) is 0 Å². The predicted octanol–water partition coefficient (Wildman–Crippen LogP) is 2.89. The van der Waals surface area contributed by atoms with E-state index in [-0.39, 0.29) is 0 Å². The summed E-state index contributed by atoms with van der Waals surface area (Å²) in [4.78, 5) is 2.42. The molecule has 0 N–H and O–H groups in total. The molecule has 0 radical (unpaired) electrons. The molecule has 1 atom stereocenters. The van der Waals surface area contributed by atoms with Gasteiger partial charge in [-0.3, -0.25) is 0 Å². The van der Waals surface area contributed by atoms with Crippen molar-refractivity contribution in [3.63, 3.8) is 0 Å². The van der Waals surface area contributed by atoms with Crippen molar-refractivity contribution in [2.45, 2.75) is 19.3 Å². The number of hydrogen-bond donors (Lipinski definition) is 0.